The summed E-state index contributed by atoms with van der Waals surface area (Å²) in [5, 5.41) is 16.0. The maximum atomic E-state index is 5.54. The first-order valence-corrected chi connectivity index (χ1v) is 10.9. The average Bonchev–Trinajstić information content (AvgIpc) is 3.37. The fourth-order valence-corrected chi connectivity index (χ4v) is 3.95. The number of hydrogen-bond donors (Lipinski definition) is 0. The molecule has 0 atom stereocenters. The van der Waals surface area contributed by atoms with Crippen LogP contribution in [0.15, 0.2) is 23.6 Å². The first kappa shape index (κ1) is 20.5. The zero-order valence-electron chi connectivity index (χ0n) is 17.2. The highest BCUT2D eigenvalue weighted by Crippen LogP contribution is 2.24. The second kappa shape index (κ2) is 9.78. The van der Waals surface area contributed by atoms with E-state index < -0.39 is 0 Å². The van der Waals surface area contributed by atoms with E-state index in [0.29, 0.717) is 5.92 Å². The Hall–Kier alpha value is -2.28. The van der Waals surface area contributed by atoms with Gasteiger partial charge in [0.1, 0.15) is 5.75 Å². The minimum absolute atomic E-state index is 0.520. The van der Waals surface area contributed by atoms with Gasteiger partial charge in [0, 0.05) is 17.7 Å². The molecule has 0 saturated heterocycles. The van der Waals surface area contributed by atoms with Crippen molar-refractivity contribution in [3.05, 3.63) is 45.7 Å². The molecule has 150 valence electrons. The third-order valence-corrected chi connectivity index (χ3v) is 5.90. The zero-order chi connectivity index (χ0) is 19.9. The normalized spacial score (nSPS) is 11.3. The highest BCUT2D eigenvalue weighted by molar-refractivity contribution is 7.09. The van der Waals surface area contributed by atoms with E-state index in [2.05, 4.69) is 40.7 Å². The van der Waals surface area contributed by atoms with Crippen LogP contribution in [-0.4, -0.2) is 32.3 Å². The summed E-state index contributed by atoms with van der Waals surface area (Å²) in [5.74, 6) is 2.19. The Morgan fingerprint density at radius 3 is 2.64 bits per heavy atom. The van der Waals surface area contributed by atoms with Gasteiger partial charge in [-0.15, -0.1) is 26.3 Å². The van der Waals surface area contributed by atoms with E-state index in [1.807, 2.05) is 19.1 Å². The molecule has 0 aliphatic rings. The molecule has 0 unspecified atom stereocenters. The Balaban J connectivity index is 1.54. The molecule has 0 aliphatic heterocycles. The van der Waals surface area contributed by atoms with Gasteiger partial charge in [-0.3, -0.25) is 0 Å². The van der Waals surface area contributed by atoms with E-state index in [0.717, 1.165) is 49.4 Å². The summed E-state index contributed by atoms with van der Waals surface area (Å²) in [6, 6.07) is 6.07. The molecule has 6 nitrogen and oxygen atoms in total. The molecule has 3 rings (SSSR count). The predicted octanol–water partition coefficient (Wildman–Crippen LogP) is 4.77. The largest absolute Gasteiger partial charge is 0.496 e. The number of ether oxygens (including phenoxy) is 1. The van der Waals surface area contributed by atoms with Crippen LogP contribution < -0.4 is 4.74 Å². The Morgan fingerprint density at radius 2 is 1.96 bits per heavy atom. The van der Waals surface area contributed by atoms with E-state index in [1.54, 1.807) is 23.2 Å². The summed E-state index contributed by atoms with van der Waals surface area (Å²) in [5.41, 5.74) is 3.34. The SMILES string of the molecule is CCc1nnn(-c2ccc(OC)c(CCCCCc3csc(C(C)C)n3)c2)n1. The van der Waals surface area contributed by atoms with E-state index in [4.69, 9.17) is 9.72 Å². The molecule has 2 aromatic heterocycles. The van der Waals surface area contributed by atoms with Crippen LogP contribution in [0.3, 0.4) is 0 Å². The van der Waals surface area contributed by atoms with E-state index >= 15 is 0 Å². The third-order valence-electron chi connectivity index (χ3n) is 4.71. The number of aryl methyl sites for hydroxylation is 3. The average molecular weight is 400 g/mol. The lowest BCUT2D eigenvalue weighted by Crippen LogP contribution is -2.02. The van der Waals surface area contributed by atoms with Gasteiger partial charge < -0.3 is 4.74 Å². The number of rotatable bonds is 10. The minimum atomic E-state index is 0.520. The summed E-state index contributed by atoms with van der Waals surface area (Å²) in [6.45, 7) is 6.42. The van der Waals surface area contributed by atoms with Gasteiger partial charge in [0.2, 0.25) is 0 Å². The van der Waals surface area contributed by atoms with Crippen LogP contribution in [-0.2, 0) is 19.3 Å². The van der Waals surface area contributed by atoms with Crippen molar-refractivity contribution in [1.82, 2.24) is 25.2 Å². The third kappa shape index (κ3) is 5.16. The van der Waals surface area contributed by atoms with Gasteiger partial charge in [-0.2, -0.15) is 0 Å². The lowest BCUT2D eigenvalue weighted by molar-refractivity contribution is 0.408. The Kier molecular flexibility index (Phi) is 7.14. The molecule has 7 heteroatoms. The molecule has 0 spiro atoms. The first-order chi connectivity index (χ1) is 13.6. The van der Waals surface area contributed by atoms with Crippen LogP contribution in [0, 0.1) is 0 Å². The van der Waals surface area contributed by atoms with Crippen molar-refractivity contribution in [3.8, 4) is 11.4 Å². The predicted molar refractivity (Wildman–Crippen MR) is 113 cm³/mol. The summed E-state index contributed by atoms with van der Waals surface area (Å²) in [7, 11) is 1.72. The fourth-order valence-electron chi connectivity index (χ4n) is 3.08. The van der Waals surface area contributed by atoms with E-state index in [-0.39, 0.29) is 0 Å². The number of nitrogens with zero attached hydrogens (tertiary/aromatic N) is 5. The van der Waals surface area contributed by atoms with Crippen LogP contribution in [0.1, 0.15) is 68.0 Å². The standard InChI is InChI=1S/C21H29N5OS/c1-5-20-23-25-26(24-20)18-11-12-19(27-4)16(13-18)9-7-6-8-10-17-14-28-21(22-17)15(2)3/h11-15H,5-10H2,1-4H3. The lowest BCUT2D eigenvalue weighted by Gasteiger charge is -2.10. The molecule has 1 aromatic carbocycles. The molecule has 0 bridgehead atoms. The number of aromatic nitrogens is 5. The quantitative estimate of drug-likeness (QED) is 0.460. The molecule has 3 aromatic rings. The van der Waals surface area contributed by atoms with Crippen molar-refractivity contribution in [3.63, 3.8) is 0 Å². The number of thiazole rings is 1. The molecular formula is C21H29N5OS. The Morgan fingerprint density at radius 1 is 1.14 bits per heavy atom. The Labute approximate surface area is 171 Å². The van der Waals surface area contributed by atoms with Crippen LogP contribution in [0.4, 0.5) is 0 Å². The topological polar surface area (TPSA) is 65.7 Å². The summed E-state index contributed by atoms with van der Waals surface area (Å²) < 4.78 is 5.54. The summed E-state index contributed by atoms with van der Waals surface area (Å²) in [4.78, 5) is 6.32. The van der Waals surface area contributed by atoms with Crippen molar-refractivity contribution >= 4 is 11.3 Å². The van der Waals surface area contributed by atoms with Gasteiger partial charge >= 0.3 is 0 Å². The van der Waals surface area contributed by atoms with E-state index in [9.17, 15) is 0 Å². The van der Waals surface area contributed by atoms with Crippen LogP contribution >= 0.6 is 11.3 Å². The van der Waals surface area contributed by atoms with E-state index in [1.165, 1.54) is 22.7 Å². The molecule has 0 aliphatic carbocycles. The fraction of sp³-hybridized carbons (Fsp3) is 0.524. The second-order valence-electron chi connectivity index (χ2n) is 7.24. The number of methoxy groups -OCH3 is 1. The molecule has 0 amide bonds. The van der Waals surface area contributed by atoms with Gasteiger partial charge in [0.25, 0.3) is 0 Å². The van der Waals surface area contributed by atoms with Crippen LogP contribution in [0.5, 0.6) is 5.75 Å². The molecule has 0 N–H and O–H groups in total. The van der Waals surface area contributed by atoms with Crippen molar-refractivity contribution < 1.29 is 4.74 Å². The van der Waals surface area contributed by atoms with Gasteiger partial charge in [-0.1, -0.05) is 27.2 Å². The lowest BCUT2D eigenvalue weighted by atomic mass is 10.0. The molecule has 0 fully saturated rings. The highest BCUT2D eigenvalue weighted by Gasteiger charge is 2.09. The summed E-state index contributed by atoms with van der Waals surface area (Å²) >= 11 is 1.78. The maximum Gasteiger partial charge on any atom is 0.174 e. The molecule has 2 heterocycles. The van der Waals surface area contributed by atoms with Crippen LogP contribution in [0.2, 0.25) is 0 Å². The molecular weight excluding hydrogens is 370 g/mol. The highest BCUT2D eigenvalue weighted by atomic mass is 32.1. The summed E-state index contributed by atoms with van der Waals surface area (Å²) in [6.07, 6.45) is 6.26. The maximum absolute atomic E-state index is 5.54. The number of unbranched alkanes of at least 4 members (excludes halogenated alkanes) is 2. The van der Waals surface area contributed by atoms with Crippen LogP contribution in [0.25, 0.3) is 5.69 Å². The number of tetrazole rings is 1. The van der Waals surface area contributed by atoms with Gasteiger partial charge in [-0.25, -0.2) is 4.98 Å². The molecule has 0 radical (unpaired) electrons. The molecule has 28 heavy (non-hydrogen) atoms. The number of hydrogen-bond acceptors (Lipinski definition) is 6. The Bertz CT molecular complexity index is 887. The van der Waals surface area contributed by atoms with Crippen molar-refractivity contribution in [2.45, 2.75) is 65.2 Å². The zero-order valence-corrected chi connectivity index (χ0v) is 18.0. The van der Waals surface area contributed by atoms with Crippen molar-refractivity contribution in [2.24, 2.45) is 0 Å². The molecule has 0 saturated carbocycles. The number of benzene rings is 1. The van der Waals surface area contributed by atoms with Gasteiger partial charge in [0.15, 0.2) is 5.82 Å². The van der Waals surface area contributed by atoms with Crippen molar-refractivity contribution in [1.29, 1.82) is 0 Å². The second-order valence-corrected chi connectivity index (χ2v) is 8.13. The smallest absolute Gasteiger partial charge is 0.174 e. The first-order valence-electron chi connectivity index (χ1n) is 10.0. The van der Waals surface area contributed by atoms with Crippen molar-refractivity contribution in [2.75, 3.05) is 7.11 Å². The van der Waals surface area contributed by atoms with Gasteiger partial charge in [-0.05, 0) is 54.7 Å². The van der Waals surface area contributed by atoms with Gasteiger partial charge in [0.05, 0.1) is 23.5 Å². The minimum Gasteiger partial charge on any atom is -0.496 e. The monoisotopic (exact) mass is 399 g/mol.